The van der Waals surface area contributed by atoms with Gasteiger partial charge in [-0.25, -0.2) is 4.98 Å². The van der Waals surface area contributed by atoms with Crippen molar-refractivity contribution in [3.05, 3.63) is 47.5 Å². The van der Waals surface area contributed by atoms with Gasteiger partial charge in [-0.2, -0.15) is 0 Å². The Bertz CT molecular complexity index is 403. The highest BCUT2D eigenvalue weighted by Gasteiger charge is 1.95. The molecule has 0 aliphatic heterocycles. The Balaban J connectivity index is 1.52. The zero-order valence-electron chi connectivity index (χ0n) is 9.63. The Hall–Kier alpha value is -1.39. The molecule has 1 N–H and O–H groups in total. The molecule has 3 nitrogen and oxygen atoms in total. The van der Waals surface area contributed by atoms with Crippen molar-refractivity contribution in [3.63, 3.8) is 0 Å². The number of nitrogens with one attached hydrogen (secondary N) is 1. The summed E-state index contributed by atoms with van der Waals surface area (Å²) in [5.41, 5.74) is 1.31. The lowest BCUT2D eigenvalue weighted by molar-refractivity contribution is 0.306. The Labute approximate surface area is 105 Å². The maximum atomic E-state index is 5.47. The second kappa shape index (κ2) is 7.04. The number of nitrogens with zero attached hydrogens (tertiary/aromatic N) is 1. The molecule has 0 unspecified atom stereocenters. The second-order valence-electron chi connectivity index (χ2n) is 3.66. The van der Waals surface area contributed by atoms with Crippen molar-refractivity contribution in [1.82, 2.24) is 10.3 Å². The van der Waals surface area contributed by atoms with Crippen LogP contribution in [-0.4, -0.2) is 18.1 Å². The fraction of sp³-hybridized carbons (Fsp3) is 0.308. The molecule has 1 aromatic carbocycles. The molecule has 1 heterocycles. The van der Waals surface area contributed by atoms with E-state index in [2.05, 4.69) is 34.6 Å². The molecule has 0 aliphatic rings. The summed E-state index contributed by atoms with van der Waals surface area (Å²) < 4.78 is 5.47. The highest BCUT2D eigenvalue weighted by Crippen LogP contribution is 2.13. The van der Waals surface area contributed by atoms with E-state index >= 15 is 0 Å². The number of thiazole rings is 1. The van der Waals surface area contributed by atoms with Gasteiger partial charge in [0.05, 0.1) is 6.61 Å². The van der Waals surface area contributed by atoms with Crippen LogP contribution < -0.4 is 10.1 Å². The van der Waals surface area contributed by atoms with Crippen molar-refractivity contribution in [2.24, 2.45) is 0 Å². The number of rotatable bonds is 7. The average molecular weight is 248 g/mol. The van der Waals surface area contributed by atoms with Crippen LogP contribution in [0.5, 0.6) is 5.19 Å². The van der Waals surface area contributed by atoms with E-state index in [4.69, 9.17) is 4.74 Å². The summed E-state index contributed by atoms with van der Waals surface area (Å²) in [6.45, 7) is 2.59. The maximum absolute atomic E-state index is 5.47. The molecule has 0 saturated heterocycles. The molecule has 2 aromatic rings. The van der Waals surface area contributed by atoms with Gasteiger partial charge in [0.15, 0.2) is 0 Å². The van der Waals surface area contributed by atoms with E-state index < -0.39 is 0 Å². The molecule has 4 heteroatoms. The molecule has 17 heavy (non-hydrogen) atoms. The van der Waals surface area contributed by atoms with E-state index in [1.807, 2.05) is 11.4 Å². The van der Waals surface area contributed by atoms with Gasteiger partial charge in [-0.15, -0.1) is 0 Å². The van der Waals surface area contributed by atoms with E-state index in [0.717, 1.165) is 31.3 Å². The molecule has 0 saturated carbocycles. The highest BCUT2D eigenvalue weighted by molar-refractivity contribution is 7.11. The van der Waals surface area contributed by atoms with Crippen LogP contribution in [0.1, 0.15) is 12.0 Å². The van der Waals surface area contributed by atoms with Crippen LogP contribution in [-0.2, 0) is 6.54 Å². The monoisotopic (exact) mass is 248 g/mol. The molecule has 0 fully saturated rings. The highest BCUT2D eigenvalue weighted by atomic mass is 32.1. The van der Waals surface area contributed by atoms with Gasteiger partial charge in [0, 0.05) is 18.1 Å². The lowest BCUT2D eigenvalue weighted by Gasteiger charge is -2.05. The van der Waals surface area contributed by atoms with Gasteiger partial charge in [-0.1, -0.05) is 41.7 Å². The molecule has 0 radical (unpaired) electrons. The predicted molar refractivity (Wildman–Crippen MR) is 70.4 cm³/mol. The van der Waals surface area contributed by atoms with Crippen molar-refractivity contribution in [2.45, 2.75) is 13.0 Å². The first-order valence-corrected chi connectivity index (χ1v) is 6.60. The van der Waals surface area contributed by atoms with Gasteiger partial charge >= 0.3 is 0 Å². The van der Waals surface area contributed by atoms with E-state index in [9.17, 15) is 0 Å². The van der Waals surface area contributed by atoms with Gasteiger partial charge in [0.25, 0.3) is 5.19 Å². The quantitative estimate of drug-likeness (QED) is 0.765. The summed E-state index contributed by atoms with van der Waals surface area (Å²) in [6, 6.07) is 10.4. The zero-order valence-corrected chi connectivity index (χ0v) is 10.5. The summed E-state index contributed by atoms with van der Waals surface area (Å²) >= 11 is 1.53. The van der Waals surface area contributed by atoms with Gasteiger partial charge < -0.3 is 10.1 Å². The number of aromatic nitrogens is 1. The van der Waals surface area contributed by atoms with Crippen LogP contribution in [0, 0.1) is 0 Å². The summed E-state index contributed by atoms with van der Waals surface area (Å²) in [7, 11) is 0. The summed E-state index contributed by atoms with van der Waals surface area (Å²) in [4.78, 5) is 4.06. The minimum absolute atomic E-state index is 0.718. The molecule has 0 amide bonds. The number of hydrogen-bond donors (Lipinski definition) is 1. The topological polar surface area (TPSA) is 34.1 Å². The predicted octanol–water partition coefficient (Wildman–Crippen LogP) is 2.70. The number of hydrogen-bond acceptors (Lipinski definition) is 4. The zero-order chi connectivity index (χ0) is 11.8. The smallest absolute Gasteiger partial charge is 0.273 e. The summed E-state index contributed by atoms with van der Waals surface area (Å²) in [6.07, 6.45) is 2.75. The second-order valence-corrected chi connectivity index (χ2v) is 4.52. The third-order valence-corrected chi connectivity index (χ3v) is 2.99. The maximum Gasteiger partial charge on any atom is 0.273 e. The Morgan fingerprint density at radius 3 is 2.88 bits per heavy atom. The fourth-order valence-electron chi connectivity index (χ4n) is 1.47. The molecular weight excluding hydrogens is 232 g/mol. The van der Waals surface area contributed by atoms with Crippen LogP contribution >= 0.6 is 11.3 Å². The molecule has 0 aliphatic carbocycles. The number of benzene rings is 1. The lowest BCUT2D eigenvalue weighted by atomic mass is 10.2. The van der Waals surface area contributed by atoms with Crippen molar-refractivity contribution in [2.75, 3.05) is 13.2 Å². The normalized spacial score (nSPS) is 10.4. The van der Waals surface area contributed by atoms with Crippen LogP contribution in [0.3, 0.4) is 0 Å². The van der Waals surface area contributed by atoms with E-state index in [1.54, 1.807) is 6.20 Å². The van der Waals surface area contributed by atoms with Crippen molar-refractivity contribution >= 4 is 11.3 Å². The lowest BCUT2D eigenvalue weighted by Crippen LogP contribution is -2.16. The first-order valence-electron chi connectivity index (χ1n) is 5.72. The minimum atomic E-state index is 0.718. The minimum Gasteiger partial charge on any atom is -0.470 e. The fourth-order valence-corrected chi connectivity index (χ4v) is 1.98. The SMILES string of the molecule is c1ccc(CNCCCOc2nccs2)cc1. The van der Waals surface area contributed by atoms with E-state index in [0.29, 0.717) is 0 Å². The van der Waals surface area contributed by atoms with Gasteiger partial charge in [0.1, 0.15) is 0 Å². The third-order valence-electron chi connectivity index (χ3n) is 2.31. The Kier molecular flexibility index (Phi) is 5.00. The van der Waals surface area contributed by atoms with Crippen molar-refractivity contribution in [3.8, 4) is 5.19 Å². The van der Waals surface area contributed by atoms with Gasteiger partial charge in [0.2, 0.25) is 0 Å². The first kappa shape index (κ1) is 12.1. The molecule has 0 spiro atoms. The Morgan fingerprint density at radius 1 is 1.24 bits per heavy atom. The largest absolute Gasteiger partial charge is 0.470 e. The molecule has 2 rings (SSSR count). The summed E-state index contributed by atoms with van der Waals surface area (Å²) in [5.74, 6) is 0. The molecule has 0 bridgehead atoms. The standard InChI is InChI=1S/C13H16N2OS/c1-2-5-12(6-3-1)11-14-7-4-9-16-13-15-8-10-17-13/h1-3,5-6,8,10,14H,4,7,9,11H2. The summed E-state index contributed by atoms with van der Waals surface area (Å²) in [5, 5.41) is 6.06. The van der Waals surface area contributed by atoms with Gasteiger partial charge in [-0.3, -0.25) is 0 Å². The van der Waals surface area contributed by atoms with Crippen molar-refractivity contribution < 1.29 is 4.74 Å². The molecule has 1 aromatic heterocycles. The van der Waals surface area contributed by atoms with Crippen LogP contribution in [0.15, 0.2) is 41.9 Å². The van der Waals surface area contributed by atoms with E-state index in [-0.39, 0.29) is 0 Å². The van der Waals surface area contributed by atoms with Crippen LogP contribution in [0.2, 0.25) is 0 Å². The Morgan fingerprint density at radius 2 is 2.12 bits per heavy atom. The van der Waals surface area contributed by atoms with E-state index in [1.165, 1.54) is 16.9 Å². The average Bonchev–Trinajstić information content (AvgIpc) is 2.88. The van der Waals surface area contributed by atoms with Crippen molar-refractivity contribution in [1.29, 1.82) is 0 Å². The first-order chi connectivity index (χ1) is 8.45. The molecule has 0 atom stereocenters. The third kappa shape index (κ3) is 4.54. The number of ether oxygens (including phenoxy) is 1. The molecular formula is C13H16N2OS. The van der Waals surface area contributed by atoms with Crippen LogP contribution in [0.4, 0.5) is 0 Å². The molecule has 90 valence electrons. The van der Waals surface area contributed by atoms with Gasteiger partial charge in [-0.05, 0) is 18.5 Å². The van der Waals surface area contributed by atoms with Crippen LogP contribution in [0.25, 0.3) is 0 Å².